The molecule has 1 aromatic carbocycles. The van der Waals surface area contributed by atoms with Gasteiger partial charge in [-0.15, -0.1) is 5.10 Å². The lowest BCUT2D eigenvalue weighted by molar-refractivity contribution is 0.0788. The largest absolute Gasteiger partial charge is 0.355 e. The lowest BCUT2D eigenvalue weighted by atomic mass is 10.1. The van der Waals surface area contributed by atoms with Crippen LogP contribution in [0.4, 0.5) is 11.4 Å². The molecule has 1 N–H and O–H groups in total. The van der Waals surface area contributed by atoms with Crippen LogP contribution in [-0.4, -0.2) is 43.9 Å². The lowest BCUT2D eigenvalue weighted by Crippen LogP contribution is -2.29. The van der Waals surface area contributed by atoms with Crippen molar-refractivity contribution < 1.29 is 4.79 Å². The van der Waals surface area contributed by atoms with Gasteiger partial charge >= 0.3 is 0 Å². The molecule has 7 nitrogen and oxygen atoms in total. The highest BCUT2D eigenvalue weighted by Gasteiger charge is 2.29. The van der Waals surface area contributed by atoms with Crippen molar-refractivity contribution in [1.29, 1.82) is 0 Å². The SMILES string of the molecule is CCCCCc1cn([C@@H]2CCN(C(=O)c3ccccc3Nc3ccncc3)C2)nn1. The highest BCUT2D eigenvalue weighted by molar-refractivity contribution is 6.00. The first kappa shape index (κ1) is 20.1. The van der Waals surface area contributed by atoms with Crippen LogP contribution in [-0.2, 0) is 6.42 Å². The molecule has 1 aliphatic rings. The number of unbranched alkanes of at least 4 members (excludes halogenated alkanes) is 2. The van der Waals surface area contributed by atoms with E-state index in [9.17, 15) is 4.79 Å². The molecule has 3 heterocycles. The summed E-state index contributed by atoms with van der Waals surface area (Å²) in [6, 6.07) is 11.6. The Hall–Kier alpha value is -3.22. The first-order valence-corrected chi connectivity index (χ1v) is 10.7. The average Bonchev–Trinajstić information content (AvgIpc) is 3.44. The number of hydrogen-bond acceptors (Lipinski definition) is 5. The number of anilines is 2. The van der Waals surface area contributed by atoms with Crippen LogP contribution in [0.3, 0.4) is 0 Å². The number of aromatic nitrogens is 4. The van der Waals surface area contributed by atoms with Crippen molar-refractivity contribution in [2.75, 3.05) is 18.4 Å². The zero-order valence-corrected chi connectivity index (χ0v) is 17.4. The van der Waals surface area contributed by atoms with Gasteiger partial charge in [0.05, 0.1) is 23.0 Å². The topological polar surface area (TPSA) is 75.9 Å². The van der Waals surface area contributed by atoms with E-state index < -0.39 is 0 Å². The minimum atomic E-state index is 0.0398. The van der Waals surface area contributed by atoms with Crippen molar-refractivity contribution in [2.24, 2.45) is 0 Å². The number of likely N-dealkylation sites (tertiary alicyclic amines) is 1. The molecule has 30 heavy (non-hydrogen) atoms. The molecule has 0 saturated carbocycles. The predicted octanol–water partition coefficient (Wildman–Crippen LogP) is 4.24. The Kier molecular flexibility index (Phi) is 6.37. The fourth-order valence-electron chi connectivity index (χ4n) is 3.84. The highest BCUT2D eigenvalue weighted by Crippen LogP contribution is 2.26. The van der Waals surface area contributed by atoms with Crippen molar-refractivity contribution in [3.05, 3.63) is 66.2 Å². The monoisotopic (exact) mass is 404 g/mol. The summed E-state index contributed by atoms with van der Waals surface area (Å²) < 4.78 is 1.94. The average molecular weight is 405 g/mol. The molecule has 1 atom stereocenters. The summed E-state index contributed by atoms with van der Waals surface area (Å²) in [6.45, 7) is 3.57. The maximum Gasteiger partial charge on any atom is 0.256 e. The molecule has 0 unspecified atom stereocenters. The van der Waals surface area contributed by atoms with E-state index in [-0.39, 0.29) is 11.9 Å². The summed E-state index contributed by atoms with van der Waals surface area (Å²) in [5, 5.41) is 12.0. The van der Waals surface area contributed by atoms with E-state index in [0.717, 1.165) is 42.9 Å². The van der Waals surface area contributed by atoms with Gasteiger partial charge in [-0.25, -0.2) is 4.68 Å². The number of aryl methyl sites for hydroxylation is 1. The number of hydrogen-bond donors (Lipinski definition) is 1. The molecule has 1 aliphatic heterocycles. The molecule has 1 saturated heterocycles. The van der Waals surface area contributed by atoms with Gasteiger partial charge in [-0.2, -0.15) is 0 Å². The number of carbonyl (C=O) groups is 1. The minimum absolute atomic E-state index is 0.0398. The molecular formula is C23H28N6O. The third-order valence-corrected chi connectivity index (χ3v) is 5.54. The van der Waals surface area contributed by atoms with Gasteiger partial charge in [-0.3, -0.25) is 9.78 Å². The molecule has 7 heteroatoms. The van der Waals surface area contributed by atoms with Crippen LogP contribution >= 0.6 is 0 Å². The third-order valence-electron chi connectivity index (χ3n) is 5.54. The molecule has 1 amide bonds. The molecule has 156 valence electrons. The van der Waals surface area contributed by atoms with E-state index in [1.54, 1.807) is 12.4 Å². The second kappa shape index (κ2) is 9.52. The Balaban J connectivity index is 1.42. The quantitative estimate of drug-likeness (QED) is 0.569. The number of nitrogens with zero attached hydrogens (tertiary/aromatic N) is 5. The molecule has 0 radical (unpaired) electrons. The van der Waals surface area contributed by atoms with Gasteiger partial charge in [-0.1, -0.05) is 37.1 Å². The van der Waals surface area contributed by atoms with Crippen LogP contribution in [0.5, 0.6) is 0 Å². The van der Waals surface area contributed by atoms with Crippen molar-refractivity contribution in [3.63, 3.8) is 0 Å². The molecule has 0 aliphatic carbocycles. The van der Waals surface area contributed by atoms with E-state index in [4.69, 9.17) is 0 Å². The van der Waals surface area contributed by atoms with Gasteiger partial charge in [0.15, 0.2) is 0 Å². The Morgan fingerprint density at radius 1 is 1.17 bits per heavy atom. The predicted molar refractivity (Wildman–Crippen MR) is 117 cm³/mol. The number of amides is 1. The van der Waals surface area contributed by atoms with Gasteiger partial charge in [0.25, 0.3) is 5.91 Å². The first-order valence-electron chi connectivity index (χ1n) is 10.7. The molecule has 1 fully saturated rings. The summed E-state index contributed by atoms with van der Waals surface area (Å²) in [4.78, 5) is 19.2. The number of benzene rings is 1. The van der Waals surface area contributed by atoms with Gasteiger partial charge in [-0.05, 0) is 43.5 Å². The van der Waals surface area contributed by atoms with Crippen molar-refractivity contribution in [1.82, 2.24) is 24.9 Å². The molecule has 0 bridgehead atoms. The van der Waals surface area contributed by atoms with Crippen LogP contribution in [0.15, 0.2) is 55.0 Å². The molecular weight excluding hydrogens is 376 g/mol. The van der Waals surface area contributed by atoms with E-state index in [1.807, 2.05) is 52.2 Å². The molecule has 3 aromatic rings. The Morgan fingerprint density at radius 3 is 2.83 bits per heavy atom. The summed E-state index contributed by atoms with van der Waals surface area (Å²) in [6.07, 6.45) is 10.9. The maximum absolute atomic E-state index is 13.2. The number of para-hydroxylation sites is 1. The second-order valence-electron chi connectivity index (χ2n) is 7.75. The minimum Gasteiger partial charge on any atom is -0.355 e. The smallest absolute Gasteiger partial charge is 0.256 e. The van der Waals surface area contributed by atoms with Gasteiger partial charge in [0.2, 0.25) is 0 Å². The highest BCUT2D eigenvalue weighted by atomic mass is 16.2. The maximum atomic E-state index is 13.2. The van der Waals surface area contributed by atoms with E-state index in [0.29, 0.717) is 12.1 Å². The number of nitrogens with one attached hydrogen (secondary N) is 1. The zero-order chi connectivity index (χ0) is 20.8. The molecule has 2 aromatic heterocycles. The van der Waals surface area contributed by atoms with Crippen molar-refractivity contribution in [3.8, 4) is 0 Å². The molecule has 4 rings (SSSR count). The normalized spacial score (nSPS) is 16.0. The Bertz CT molecular complexity index is 971. The lowest BCUT2D eigenvalue weighted by Gasteiger charge is -2.19. The van der Waals surface area contributed by atoms with Crippen LogP contribution in [0, 0.1) is 0 Å². The summed E-state index contributed by atoms with van der Waals surface area (Å²) in [7, 11) is 0. The van der Waals surface area contributed by atoms with E-state index in [1.165, 1.54) is 12.8 Å². The summed E-state index contributed by atoms with van der Waals surface area (Å²) >= 11 is 0. The van der Waals surface area contributed by atoms with Crippen molar-refractivity contribution >= 4 is 17.3 Å². The van der Waals surface area contributed by atoms with Crippen LogP contribution in [0.1, 0.15) is 54.7 Å². The first-order chi connectivity index (χ1) is 14.7. The number of carbonyl (C=O) groups excluding carboxylic acids is 1. The van der Waals surface area contributed by atoms with Gasteiger partial charge in [0.1, 0.15) is 0 Å². The molecule has 0 spiro atoms. The summed E-state index contributed by atoms with van der Waals surface area (Å²) in [5.74, 6) is 0.0398. The fourth-order valence-corrected chi connectivity index (χ4v) is 3.84. The number of rotatable bonds is 8. The van der Waals surface area contributed by atoms with E-state index >= 15 is 0 Å². The van der Waals surface area contributed by atoms with Crippen LogP contribution in [0.2, 0.25) is 0 Å². The third kappa shape index (κ3) is 4.67. The van der Waals surface area contributed by atoms with Crippen LogP contribution in [0.25, 0.3) is 0 Å². The van der Waals surface area contributed by atoms with Crippen molar-refractivity contribution in [2.45, 2.75) is 45.1 Å². The summed E-state index contributed by atoms with van der Waals surface area (Å²) in [5.41, 5.74) is 3.42. The standard InChI is InChI=1S/C23H28N6O/c1-2-3-4-7-19-16-29(27-26-19)20-12-15-28(17-20)23(30)21-8-5-6-9-22(21)25-18-10-13-24-14-11-18/h5-6,8-11,13-14,16,20H,2-4,7,12,15,17H2,1H3,(H,24,25)/t20-/m1/s1. The van der Waals surface area contributed by atoms with E-state index in [2.05, 4.69) is 27.5 Å². The second-order valence-corrected chi connectivity index (χ2v) is 7.75. The Morgan fingerprint density at radius 2 is 2.00 bits per heavy atom. The number of pyridine rings is 1. The fraction of sp³-hybridized carbons (Fsp3) is 0.391. The zero-order valence-electron chi connectivity index (χ0n) is 17.4. The Labute approximate surface area is 177 Å². The van der Waals surface area contributed by atoms with Gasteiger partial charge in [0, 0.05) is 37.4 Å². The van der Waals surface area contributed by atoms with Crippen LogP contribution < -0.4 is 5.32 Å². The van der Waals surface area contributed by atoms with Gasteiger partial charge < -0.3 is 10.2 Å².